The van der Waals surface area contributed by atoms with Gasteiger partial charge in [-0.25, -0.2) is 13.6 Å². The quantitative estimate of drug-likeness (QED) is 0.847. The lowest BCUT2D eigenvalue weighted by Gasteiger charge is -2.09. The van der Waals surface area contributed by atoms with Crippen LogP contribution in [0.5, 0.6) is 0 Å². The Hall–Kier alpha value is -1.13. The van der Waals surface area contributed by atoms with Gasteiger partial charge >= 0.3 is 6.18 Å². The van der Waals surface area contributed by atoms with Gasteiger partial charge in [-0.1, -0.05) is 0 Å². The van der Waals surface area contributed by atoms with Gasteiger partial charge in [-0.3, -0.25) is 4.79 Å². The lowest BCUT2D eigenvalue weighted by Crippen LogP contribution is -2.17. The van der Waals surface area contributed by atoms with Crippen LogP contribution in [0.15, 0.2) is 27.6 Å². The molecule has 20 heavy (non-hydrogen) atoms. The summed E-state index contributed by atoms with van der Waals surface area (Å²) in [5, 5.41) is 7.15. The molecular formula is C10H10BrF3N2O3S. The third kappa shape index (κ3) is 5.47. The second-order valence-electron chi connectivity index (χ2n) is 3.85. The van der Waals surface area contributed by atoms with E-state index in [1.54, 1.807) is 0 Å². The number of benzene rings is 1. The average molecular weight is 375 g/mol. The van der Waals surface area contributed by atoms with E-state index in [0.717, 1.165) is 12.1 Å². The Morgan fingerprint density at radius 3 is 2.40 bits per heavy atom. The molecule has 0 saturated heterocycles. The van der Waals surface area contributed by atoms with Gasteiger partial charge in [-0.05, 0) is 34.1 Å². The Bertz CT molecular complexity index is 617. The molecule has 0 aliphatic heterocycles. The van der Waals surface area contributed by atoms with Gasteiger partial charge in [-0.15, -0.1) is 0 Å². The van der Waals surface area contributed by atoms with Crippen molar-refractivity contribution in [1.82, 2.24) is 0 Å². The molecule has 5 nitrogen and oxygen atoms in total. The first-order valence-electron chi connectivity index (χ1n) is 5.18. The maximum Gasteiger partial charge on any atom is 0.389 e. The van der Waals surface area contributed by atoms with E-state index in [0.29, 0.717) is 0 Å². The van der Waals surface area contributed by atoms with Crippen molar-refractivity contribution in [3.8, 4) is 0 Å². The van der Waals surface area contributed by atoms with Gasteiger partial charge in [0.05, 0.1) is 17.0 Å². The molecule has 1 rings (SSSR count). The summed E-state index contributed by atoms with van der Waals surface area (Å²) in [6, 6.07) is 3.52. The molecule has 1 aromatic carbocycles. The molecule has 0 radical (unpaired) electrons. The van der Waals surface area contributed by atoms with Crippen LogP contribution in [0.4, 0.5) is 18.9 Å². The minimum absolute atomic E-state index is 0.157. The Balaban J connectivity index is 2.77. The minimum atomic E-state index is -4.41. The number of nitrogens with one attached hydrogen (secondary N) is 1. The number of alkyl halides is 3. The van der Waals surface area contributed by atoms with Crippen LogP contribution in [0, 0.1) is 0 Å². The second kappa shape index (κ2) is 6.10. The molecule has 0 aliphatic carbocycles. The fourth-order valence-electron chi connectivity index (χ4n) is 1.24. The predicted octanol–water partition coefficient (Wildman–Crippen LogP) is 2.38. The summed E-state index contributed by atoms with van der Waals surface area (Å²) in [5.74, 6) is -0.827. The largest absolute Gasteiger partial charge is 0.389 e. The molecule has 0 bridgehead atoms. The molecule has 0 unspecified atom stereocenters. The van der Waals surface area contributed by atoms with Crippen molar-refractivity contribution in [2.45, 2.75) is 23.9 Å². The molecule has 112 valence electrons. The summed E-state index contributed by atoms with van der Waals surface area (Å²) in [6.45, 7) is 0. The maximum atomic E-state index is 11.9. The van der Waals surface area contributed by atoms with E-state index in [9.17, 15) is 26.4 Å². The van der Waals surface area contributed by atoms with Crippen molar-refractivity contribution >= 4 is 37.5 Å². The fourth-order valence-corrected chi connectivity index (χ4v) is 2.41. The van der Waals surface area contributed by atoms with Crippen molar-refractivity contribution in [2.75, 3.05) is 5.32 Å². The third-order valence-corrected chi connectivity index (χ3v) is 3.75. The smallest absolute Gasteiger partial charge is 0.325 e. The first-order valence-corrected chi connectivity index (χ1v) is 7.52. The van der Waals surface area contributed by atoms with Crippen molar-refractivity contribution < 1.29 is 26.4 Å². The zero-order chi connectivity index (χ0) is 15.6. The summed E-state index contributed by atoms with van der Waals surface area (Å²) in [6.07, 6.45) is -6.36. The number of hydrogen-bond donors (Lipinski definition) is 2. The Kier molecular flexibility index (Phi) is 5.16. The number of rotatable bonds is 4. The highest BCUT2D eigenvalue weighted by Crippen LogP contribution is 2.26. The van der Waals surface area contributed by atoms with Crippen LogP contribution in [0.25, 0.3) is 0 Å². The van der Waals surface area contributed by atoms with Crippen LogP contribution < -0.4 is 10.5 Å². The number of sulfonamides is 1. The van der Waals surface area contributed by atoms with Crippen LogP contribution in [0.1, 0.15) is 12.8 Å². The molecule has 1 amide bonds. The zero-order valence-corrected chi connectivity index (χ0v) is 12.3. The summed E-state index contributed by atoms with van der Waals surface area (Å²) >= 11 is 3.00. The van der Waals surface area contributed by atoms with Crippen LogP contribution in [-0.4, -0.2) is 20.5 Å². The minimum Gasteiger partial charge on any atom is -0.325 e. The summed E-state index contributed by atoms with van der Waals surface area (Å²) in [5.41, 5.74) is 0.157. The van der Waals surface area contributed by atoms with E-state index < -0.39 is 34.9 Å². The summed E-state index contributed by atoms with van der Waals surface area (Å²) in [7, 11) is -3.89. The zero-order valence-electron chi connectivity index (χ0n) is 9.87. The van der Waals surface area contributed by atoms with Gasteiger partial charge in [0.2, 0.25) is 15.9 Å². The molecule has 0 saturated carbocycles. The normalized spacial score (nSPS) is 12.2. The Labute approximate surface area is 121 Å². The maximum absolute atomic E-state index is 11.9. The predicted molar refractivity (Wildman–Crippen MR) is 69.4 cm³/mol. The highest BCUT2D eigenvalue weighted by atomic mass is 79.9. The number of amides is 1. The summed E-state index contributed by atoms with van der Waals surface area (Å²) < 4.78 is 58.2. The van der Waals surface area contributed by atoms with Gasteiger partial charge in [0.15, 0.2) is 0 Å². The van der Waals surface area contributed by atoms with E-state index >= 15 is 0 Å². The van der Waals surface area contributed by atoms with Crippen LogP contribution in [0.3, 0.4) is 0 Å². The lowest BCUT2D eigenvalue weighted by atomic mass is 10.2. The highest BCUT2D eigenvalue weighted by Gasteiger charge is 2.28. The van der Waals surface area contributed by atoms with Gasteiger partial charge in [0.1, 0.15) is 0 Å². The van der Waals surface area contributed by atoms with Gasteiger partial charge in [0, 0.05) is 10.9 Å². The van der Waals surface area contributed by atoms with Crippen LogP contribution in [0.2, 0.25) is 0 Å². The van der Waals surface area contributed by atoms with Crippen molar-refractivity contribution in [2.24, 2.45) is 5.14 Å². The number of carbonyl (C=O) groups excluding carboxylic acids is 1. The Morgan fingerprint density at radius 1 is 1.35 bits per heavy atom. The molecule has 0 atom stereocenters. The molecule has 0 heterocycles. The number of primary sulfonamides is 1. The van der Waals surface area contributed by atoms with E-state index in [1.807, 2.05) is 0 Å². The number of anilines is 1. The van der Waals surface area contributed by atoms with E-state index in [1.165, 1.54) is 6.07 Å². The average Bonchev–Trinajstić information content (AvgIpc) is 2.27. The van der Waals surface area contributed by atoms with E-state index in [2.05, 4.69) is 21.2 Å². The molecule has 0 spiro atoms. The fraction of sp³-hybridized carbons (Fsp3) is 0.300. The van der Waals surface area contributed by atoms with Gasteiger partial charge < -0.3 is 5.32 Å². The van der Waals surface area contributed by atoms with Gasteiger partial charge in [-0.2, -0.15) is 13.2 Å². The van der Waals surface area contributed by atoms with E-state index in [-0.39, 0.29) is 15.1 Å². The molecule has 0 fully saturated rings. The third-order valence-electron chi connectivity index (χ3n) is 2.18. The molecule has 0 aromatic heterocycles. The summed E-state index contributed by atoms with van der Waals surface area (Å²) in [4.78, 5) is 11.1. The molecule has 1 aromatic rings. The Morgan fingerprint density at radius 2 is 1.95 bits per heavy atom. The number of hydrogen-bond acceptors (Lipinski definition) is 3. The molecule has 10 heteroatoms. The monoisotopic (exact) mass is 374 g/mol. The van der Waals surface area contributed by atoms with E-state index in [4.69, 9.17) is 5.14 Å². The standard InChI is InChI=1S/C10H10BrF3N2O3S/c11-7-5-6(20(15,18)19)1-2-8(7)16-9(17)3-4-10(12,13)14/h1-2,5H,3-4H2,(H,16,17)(H2,15,18,19). The number of carbonyl (C=O) groups is 1. The second-order valence-corrected chi connectivity index (χ2v) is 6.27. The first-order chi connectivity index (χ1) is 8.99. The molecule has 3 N–H and O–H groups in total. The van der Waals surface area contributed by atoms with Crippen molar-refractivity contribution in [3.05, 3.63) is 22.7 Å². The molecular weight excluding hydrogens is 365 g/mol. The lowest BCUT2D eigenvalue weighted by molar-refractivity contribution is -0.142. The topological polar surface area (TPSA) is 89.3 Å². The molecule has 0 aliphatic rings. The van der Waals surface area contributed by atoms with Crippen LogP contribution >= 0.6 is 15.9 Å². The number of halogens is 4. The van der Waals surface area contributed by atoms with Crippen LogP contribution in [-0.2, 0) is 14.8 Å². The number of nitrogens with two attached hydrogens (primary N) is 1. The van der Waals surface area contributed by atoms with Crippen molar-refractivity contribution in [3.63, 3.8) is 0 Å². The van der Waals surface area contributed by atoms with Gasteiger partial charge in [0.25, 0.3) is 0 Å². The van der Waals surface area contributed by atoms with Crippen molar-refractivity contribution in [1.29, 1.82) is 0 Å². The first kappa shape index (κ1) is 16.9. The SMILES string of the molecule is NS(=O)(=O)c1ccc(NC(=O)CCC(F)(F)F)c(Br)c1. The highest BCUT2D eigenvalue weighted by molar-refractivity contribution is 9.10.